The summed E-state index contributed by atoms with van der Waals surface area (Å²) in [6.45, 7) is 1.11. The number of nitrogen functional groups attached to an aromatic ring is 1. The number of benzene rings is 1. The Bertz CT molecular complexity index is 491. The summed E-state index contributed by atoms with van der Waals surface area (Å²) in [5, 5.41) is 32.5. The second-order valence-corrected chi connectivity index (χ2v) is 4.02. The number of nitrogens with two attached hydrogens (primary N) is 1. The van der Waals surface area contributed by atoms with Crippen molar-refractivity contribution in [3.05, 3.63) is 33.9 Å². The molecule has 0 saturated carbocycles. The summed E-state index contributed by atoms with van der Waals surface area (Å²) < 4.78 is 0. The van der Waals surface area contributed by atoms with Gasteiger partial charge in [0.15, 0.2) is 0 Å². The Kier molecular flexibility index (Phi) is 4.79. The van der Waals surface area contributed by atoms with Gasteiger partial charge in [0.25, 0.3) is 5.69 Å². The second-order valence-electron chi connectivity index (χ2n) is 4.02. The third kappa shape index (κ3) is 3.90. The summed E-state index contributed by atoms with van der Waals surface area (Å²) in [7, 11) is 0. The van der Waals surface area contributed by atoms with Crippen LogP contribution in [0.3, 0.4) is 0 Å². The van der Waals surface area contributed by atoms with Gasteiger partial charge in [0.1, 0.15) is 17.9 Å². The molecule has 0 aliphatic carbocycles. The molecule has 5 N–H and O–H groups in total. The topological polar surface area (TPSA) is 139 Å². The first kappa shape index (κ1) is 14.9. The smallest absolute Gasteiger partial charge is 0.292 e. The molecular weight excluding hydrogens is 254 g/mol. The zero-order chi connectivity index (χ0) is 14.6. The van der Waals surface area contributed by atoms with E-state index in [2.05, 4.69) is 5.32 Å². The fraction of sp³-hybridized carbons (Fsp3) is 0.364. The number of rotatable bonds is 5. The van der Waals surface area contributed by atoms with E-state index >= 15 is 0 Å². The molecule has 8 nitrogen and oxygen atoms in total. The summed E-state index contributed by atoms with van der Waals surface area (Å²) in [6, 6.07) is 3.75. The molecule has 104 valence electrons. The largest absolute Gasteiger partial charge is 0.393 e. The van der Waals surface area contributed by atoms with Crippen molar-refractivity contribution >= 4 is 17.3 Å². The molecule has 1 aromatic carbocycles. The molecule has 0 aliphatic heterocycles. The average molecular weight is 269 g/mol. The summed E-state index contributed by atoms with van der Waals surface area (Å²) in [5.74, 6) is -0.352. The van der Waals surface area contributed by atoms with E-state index in [0.29, 0.717) is 0 Å². The van der Waals surface area contributed by atoms with Crippen molar-refractivity contribution < 1.29 is 19.9 Å². The molecule has 1 amide bonds. The van der Waals surface area contributed by atoms with Crippen molar-refractivity contribution in [2.24, 2.45) is 0 Å². The summed E-state index contributed by atoms with van der Waals surface area (Å²) in [4.78, 5) is 20.7. The van der Waals surface area contributed by atoms with Crippen LogP contribution in [0.5, 0.6) is 0 Å². The Morgan fingerprint density at radius 1 is 1.53 bits per heavy atom. The number of anilines is 1. The standard InChI is InChI=1S/C11H15N3O5/c1-6(15)13-5-10(16)11(17)7-2-3-8(12)9(4-7)14(18)19/h2-4,10-11,16-17H,5,12H2,1H3,(H,13,15). The second kappa shape index (κ2) is 6.12. The molecule has 2 unspecified atom stereocenters. The van der Waals surface area contributed by atoms with E-state index in [1.165, 1.54) is 19.1 Å². The third-order valence-corrected chi connectivity index (χ3v) is 2.52. The van der Waals surface area contributed by atoms with Crippen LogP contribution >= 0.6 is 0 Å². The molecule has 0 heterocycles. The van der Waals surface area contributed by atoms with Crippen molar-refractivity contribution in [1.29, 1.82) is 0 Å². The van der Waals surface area contributed by atoms with Gasteiger partial charge in [-0.2, -0.15) is 0 Å². The van der Waals surface area contributed by atoms with E-state index in [9.17, 15) is 25.1 Å². The van der Waals surface area contributed by atoms with E-state index in [0.717, 1.165) is 6.07 Å². The van der Waals surface area contributed by atoms with Gasteiger partial charge in [-0.05, 0) is 11.6 Å². The molecule has 8 heteroatoms. The molecule has 1 rings (SSSR count). The Hall–Kier alpha value is -2.19. The van der Waals surface area contributed by atoms with Gasteiger partial charge in [-0.25, -0.2) is 0 Å². The van der Waals surface area contributed by atoms with Crippen molar-refractivity contribution in [3.8, 4) is 0 Å². The minimum atomic E-state index is -1.36. The van der Waals surface area contributed by atoms with E-state index in [1.54, 1.807) is 0 Å². The minimum Gasteiger partial charge on any atom is -0.393 e. The Morgan fingerprint density at radius 3 is 2.68 bits per heavy atom. The normalized spacial score (nSPS) is 13.6. The maximum Gasteiger partial charge on any atom is 0.292 e. The number of hydrogen-bond donors (Lipinski definition) is 4. The van der Waals surface area contributed by atoms with Crippen LogP contribution in [0.1, 0.15) is 18.6 Å². The van der Waals surface area contributed by atoms with Crippen LogP contribution in [0.15, 0.2) is 18.2 Å². The number of nitro benzene ring substituents is 1. The summed E-state index contributed by atoms with van der Waals surface area (Å²) in [6.07, 6.45) is -2.63. The van der Waals surface area contributed by atoms with E-state index < -0.39 is 17.1 Å². The molecule has 0 radical (unpaired) electrons. The van der Waals surface area contributed by atoms with Crippen molar-refractivity contribution in [3.63, 3.8) is 0 Å². The van der Waals surface area contributed by atoms with E-state index in [1.807, 2.05) is 0 Å². The van der Waals surface area contributed by atoms with E-state index in [4.69, 9.17) is 5.73 Å². The Labute approximate surface area is 109 Å². The van der Waals surface area contributed by atoms with E-state index in [-0.39, 0.29) is 29.4 Å². The number of carbonyl (C=O) groups excluding carboxylic acids is 1. The van der Waals surface area contributed by atoms with Crippen LogP contribution in [0.2, 0.25) is 0 Å². The maximum atomic E-state index is 10.7. The predicted octanol–water partition coefficient (Wildman–Crippen LogP) is -0.293. The van der Waals surface area contributed by atoms with Gasteiger partial charge in [0.05, 0.1) is 4.92 Å². The fourth-order valence-electron chi connectivity index (χ4n) is 1.48. The lowest BCUT2D eigenvalue weighted by Crippen LogP contribution is -2.34. The quantitative estimate of drug-likeness (QED) is 0.329. The average Bonchev–Trinajstić information content (AvgIpc) is 2.35. The van der Waals surface area contributed by atoms with Crippen LogP contribution in [-0.4, -0.2) is 33.7 Å². The minimum absolute atomic E-state index is 0.0303. The molecule has 19 heavy (non-hydrogen) atoms. The summed E-state index contributed by atoms with van der Waals surface area (Å²) in [5.41, 5.74) is 5.20. The molecule has 0 aliphatic rings. The van der Waals surface area contributed by atoms with Crippen LogP contribution < -0.4 is 11.1 Å². The predicted molar refractivity (Wildman–Crippen MR) is 67.2 cm³/mol. The molecule has 2 atom stereocenters. The first-order chi connectivity index (χ1) is 8.82. The van der Waals surface area contributed by atoms with Gasteiger partial charge >= 0.3 is 0 Å². The molecule has 0 fully saturated rings. The van der Waals surface area contributed by atoms with Crippen LogP contribution in [-0.2, 0) is 4.79 Å². The highest BCUT2D eigenvalue weighted by molar-refractivity contribution is 5.72. The first-order valence-corrected chi connectivity index (χ1v) is 5.47. The molecule has 1 aromatic rings. The van der Waals surface area contributed by atoms with Gasteiger partial charge in [0, 0.05) is 19.5 Å². The van der Waals surface area contributed by atoms with Gasteiger partial charge in [-0.15, -0.1) is 0 Å². The lowest BCUT2D eigenvalue weighted by atomic mass is 10.0. The number of carbonyl (C=O) groups is 1. The van der Waals surface area contributed by atoms with Gasteiger partial charge in [-0.1, -0.05) is 6.07 Å². The molecule has 0 spiro atoms. The lowest BCUT2D eigenvalue weighted by molar-refractivity contribution is -0.384. The lowest BCUT2D eigenvalue weighted by Gasteiger charge is -2.18. The number of hydrogen-bond acceptors (Lipinski definition) is 6. The van der Waals surface area contributed by atoms with Gasteiger partial charge < -0.3 is 21.3 Å². The third-order valence-electron chi connectivity index (χ3n) is 2.52. The van der Waals surface area contributed by atoms with Gasteiger partial charge in [-0.3, -0.25) is 14.9 Å². The number of amides is 1. The number of aliphatic hydroxyl groups is 2. The summed E-state index contributed by atoms with van der Waals surface area (Å²) >= 11 is 0. The molecule has 0 aromatic heterocycles. The highest BCUT2D eigenvalue weighted by Crippen LogP contribution is 2.26. The number of nitrogens with one attached hydrogen (secondary N) is 1. The fourth-order valence-corrected chi connectivity index (χ4v) is 1.48. The monoisotopic (exact) mass is 269 g/mol. The SMILES string of the molecule is CC(=O)NCC(O)C(O)c1ccc(N)c([N+](=O)[O-])c1. The Morgan fingerprint density at radius 2 is 2.16 bits per heavy atom. The van der Waals surface area contributed by atoms with Crippen molar-refractivity contribution in [2.75, 3.05) is 12.3 Å². The van der Waals surface area contributed by atoms with Gasteiger partial charge in [0.2, 0.25) is 5.91 Å². The number of nitro groups is 1. The maximum absolute atomic E-state index is 10.7. The van der Waals surface area contributed by atoms with Crippen LogP contribution in [0.25, 0.3) is 0 Å². The number of aliphatic hydroxyl groups excluding tert-OH is 2. The number of nitrogens with zero attached hydrogens (tertiary/aromatic N) is 1. The van der Waals surface area contributed by atoms with Crippen LogP contribution in [0.4, 0.5) is 11.4 Å². The highest BCUT2D eigenvalue weighted by Gasteiger charge is 2.22. The molecule has 0 bridgehead atoms. The highest BCUT2D eigenvalue weighted by atomic mass is 16.6. The zero-order valence-corrected chi connectivity index (χ0v) is 10.2. The molecule has 0 saturated heterocycles. The Balaban J connectivity index is 2.87. The van der Waals surface area contributed by atoms with Crippen molar-refractivity contribution in [1.82, 2.24) is 5.32 Å². The zero-order valence-electron chi connectivity index (χ0n) is 10.2. The van der Waals surface area contributed by atoms with Crippen LogP contribution in [0, 0.1) is 10.1 Å². The van der Waals surface area contributed by atoms with Crippen molar-refractivity contribution in [2.45, 2.75) is 19.1 Å². The first-order valence-electron chi connectivity index (χ1n) is 5.47. The molecular formula is C11H15N3O5.